The van der Waals surface area contributed by atoms with Crippen LogP contribution in [0.1, 0.15) is 24.6 Å². The molecule has 8 nitrogen and oxygen atoms in total. The van der Waals surface area contributed by atoms with E-state index in [4.69, 9.17) is 11.6 Å². The number of hydrogen-bond acceptors (Lipinski definition) is 5. The Kier molecular flexibility index (Phi) is 6.71. The molecule has 2 aliphatic heterocycles. The SMILES string of the molecule is Cc1cc2n(n1)CCC(=O)N2C(C)C(=O)NCCN1CCN(c2cc(Cl)ccc2C)CC1. The fraction of sp³-hybridized carbons (Fsp3) is 0.522. The maximum atomic E-state index is 12.8. The number of benzene rings is 1. The van der Waals surface area contributed by atoms with Gasteiger partial charge in [-0.3, -0.25) is 19.4 Å². The number of nitrogens with one attached hydrogen (secondary N) is 1. The number of anilines is 2. The van der Waals surface area contributed by atoms with Crippen LogP contribution in [0, 0.1) is 13.8 Å². The lowest BCUT2D eigenvalue weighted by atomic mass is 10.1. The zero-order valence-electron chi connectivity index (χ0n) is 19.0. The van der Waals surface area contributed by atoms with Crippen molar-refractivity contribution < 1.29 is 9.59 Å². The van der Waals surface area contributed by atoms with Crippen molar-refractivity contribution in [3.63, 3.8) is 0 Å². The summed E-state index contributed by atoms with van der Waals surface area (Å²) in [6.07, 6.45) is 0.363. The number of hydrogen-bond donors (Lipinski definition) is 1. The number of piperazine rings is 1. The van der Waals surface area contributed by atoms with E-state index in [-0.39, 0.29) is 11.8 Å². The highest BCUT2D eigenvalue weighted by Crippen LogP contribution is 2.26. The van der Waals surface area contributed by atoms with Gasteiger partial charge in [0.25, 0.3) is 0 Å². The minimum atomic E-state index is -0.569. The predicted molar refractivity (Wildman–Crippen MR) is 126 cm³/mol. The van der Waals surface area contributed by atoms with Gasteiger partial charge in [-0.2, -0.15) is 5.10 Å². The molecule has 0 bridgehead atoms. The van der Waals surface area contributed by atoms with E-state index in [1.54, 1.807) is 11.8 Å². The lowest BCUT2D eigenvalue weighted by molar-refractivity contribution is -0.126. The van der Waals surface area contributed by atoms with Gasteiger partial charge < -0.3 is 10.2 Å². The number of carbonyl (C=O) groups is 2. The molecule has 1 atom stereocenters. The van der Waals surface area contributed by atoms with E-state index >= 15 is 0 Å². The molecule has 0 spiro atoms. The molecule has 9 heteroatoms. The third kappa shape index (κ3) is 4.76. The summed E-state index contributed by atoms with van der Waals surface area (Å²) in [4.78, 5) is 31.6. The highest BCUT2D eigenvalue weighted by Gasteiger charge is 2.33. The molecule has 4 rings (SSSR count). The van der Waals surface area contributed by atoms with E-state index in [1.165, 1.54) is 11.3 Å². The number of amides is 2. The molecule has 1 aromatic heterocycles. The van der Waals surface area contributed by atoms with Gasteiger partial charge in [-0.25, -0.2) is 4.68 Å². The second-order valence-electron chi connectivity index (χ2n) is 8.61. The van der Waals surface area contributed by atoms with Crippen LogP contribution < -0.4 is 15.1 Å². The fourth-order valence-electron chi connectivity index (χ4n) is 4.49. The van der Waals surface area contributed by atoms with E-state index in [1.807, 2.05) is 29.8 Å². The van der Waals surface area contributed by atoms with Crippen molar-refractivity contribution in [2.24, 2.45) is 0 Å². The molecule has 0 aliphatic carbocycles. The van der Waals surface area contributed by atoms with Crippen LogP contribution in [-0.4, -0.2) is 71.8 Å². The Balaban J connectivity index is 1.26. The van der Waals surface area contributed by atoms with Gasteiger partial charge in [-0.15, -0.1) is 0 Å². The molecule has 32 heavy (non-hydrogen) atoms. The van der Waals surface area contributed by atoms with Crippen molar-refractivity contribution >= 4 is 34.9 Å². The van der Waals surface area contributed by atoms with Crippen molar-refractivity contribution in [2.45, 2.75) is 39.8 Å². The minimum Gasteiger partial charge on any atom is -0.369 e. The quantitative estimate of drug-likeness (QED) is 0.718. The summed E-state index contributed by atoms with van der Waals surface area (Å²) in [5, 5.41) is 8.18. The van der Waals surface area contributed by atoms with Crippen LogP contribution in [0.4, 0.5) is 11.5 Å². The van der Waals surface area contributed by atoms with E-state index in [9.17, 15) is 9.59 Å². The first-order valence-corrected chi connectivity index (χ1v) is 11.6. The minimum absolute atomic E-state index is 0.0347. The first-order valence-electron chi connectivity index (χ1n) is 11.2. The summed E-state index contributed by atoms with van der Waals surface area (Å²) < 4.78 is 1.81. The van der Waals surface area contributed by atoms with Gasteiger partial charge in [0.15, 0.2) is 0 Å². The first kappa shape index (κ1) is 22.6. The standard InChI is InChI=1S/C23H31ClN6O2/c1-16-4-5-19(24)15-20(16)28-12-10-27(11-13-28)9-7-25-23(32)18(3)30-21-14-17(2)26-29(21)8-6-22(30)31/h4-5,14-15,18H,6-13H2,1-3H3,(H,25,32). The van der Waals surface area contributed by atoms with Crippen LogP contribution in [0.2, 0.25) is 5.02 Å². The van der Waals surface area contributed by atoms with Crippen LogP contribution in [0.15, 0.2) is 24.3 Å². The molecule has 2 amide bonds. The molecule has 1 fully saturated rings. The van der Waals surface area contributed by atoms with E-state index < -0.39 is 6.04 Å². The van der Waals surface area contributed by atoms with Gasteiger partial charge in [0, 0.05) is 62.5 Å². The third-order valence-corrected chi connectivity index (χ3v) is 6.55. The Bertz CT molecular complexity index is 998. The van der Waals surface area contributed by atoms with Crippen LogP contribution in [0.3, 0.4) is 0 Å². The number of aryl methyl sites for hydroxylation is 3. The summed E-state index contributed by atoms with van der Waals surface area (Å²) in [5.74, 6) is 0.528. The van der Waals surface area contributed by atoms with Gasteiger partial charge in [-0.1, -0.05) is 17.7 Å². The van der Waals surface area contributed by atoms with Gasteiger partial charge in [0.1, 0.15) is 11.9 Å². The average molecular weight is 459 g/mol. The van der Waals surface area contributed by atoms with Gasteiger partial charge in [-0.05, 0) is 38.5 Å². The van der Waals surface area contributed by atoms with Crippen LogP contribution in [0.5, 0.6) is 0 Å². The Labute approximate surface area is 194 Å². The number of halogens is 1. The summed E-state index contributed by atoms with van der Waals surface area (Å²) in [5.41, 5.74) is 3.27. The van der Waals surface area contributed by atoms with Gasteiger partial charge in [0.2, 0.25) is 11.8 Å². The fourth-order valence-corrected chi connectivity index (χ4v) is 4.66. The van der Waals surface area contributed by atoms with Crippen molar-refractivity contribution in [3.8, 4) is 0 Å². The lowest BCUT2D eigenvalue weighted by Gasteiger charge is -2.37. The summed E-state index contributed by atoms with van der Waals surface area (Å²) in [6, 6.07) is 7.31. The second kappa shape index (κ2) is 9.50. The molecule has 3 heterocycles. The molecule has 2 aliphatic rings. The molecule has 1 aromatic carbocycles. The van der Waals surface area contributed by atoms with E-state index in [2.05, 4.69) is 33.2 Å². The zero-order valence-corrected chi connectivity index (χ0v) is 19.7. The maximum Gasteiger partial charge on any atom is 0.243 e. The third-order valence-electron chi connectivity index (χ3n) is 6.31. The van der Waals surface area contributed by atoms with Crippen molar-refractivity contribution in [2.75, 3.05) is 49.1 Å². The normalized spacial score (nSPS) is 17.9. The Morgan fingerprint density at radius 1 is 1.16 bits per heavy atom. The number of fused-ring (bicyclic) bond motifs is 1. The second-order valence-corrected chi connectivity index (χ2v) is 9.04. The van der Waals surface area contributed by atoms with Gasteiger partial charge >= 0.3 is 0 Å². The Morgan fingerprint density at radius 3 is 2.66 bits per heavy atom. The molecule has 172 valence electrons. The zero-order chi connectivity index (χ0) is 22.8. The smallest absolute Gasteiger partial charge is 0.243 e. The van der Waals surface area contributed by atoms with Crippen molar-refractivity contribution in [1.29, 1.82) is 0 Å². The maximum absolute atomic E-state index is 12.8. The highest BCUT2D eigenvalue weighted by atomic mass is 35.5. The molecule has 0 saturated carbocycles. The molecular formula is C23H31ClN6O2. The van der Waals surface area contributed by atoms with Crippen LogP contribution >= 0.6 is 11.6 Å². The van der Waals surface area contributed by atoms with Crippen molar-refractivity contribution in [1.82, 2.24) is 20.0 Å². The summed E-state index contributed by atoms with van der Waals surface area (Å²) >= 11 is 6.18. The Morgan fingerprint density at radius 2 is 1.91 bits per heavy atom. The number of carbonyl (C=O) groups excluding carboxylic acids is 2. The average Bonchev–Trinajstić information content (AvgIpc) is 3.15. The number of nitrogens with zero attached hydrogens (tertiary/aromatic N) is 5. The van der Waals surface area contributed by atoms with Crippen molar-refractivity contribution in [3.05, 3.63) is 40.5 Å². The van der Waals surface area contributed by atoms with Crippen LogP contribution in [0.25, 0.3) is 0 Å². The topological polar surface area (TPSA) is 73.7 Å². The molecular weight excluding hydrogens is 428 g/mol. The number of rotatable bonds is 6. The number of aromatic nitrogens is 2. The van der Waals surface area contributed by atoms with E-state index in [0.717, 1.165) is 43.4 Å². The van der Waals surface area contributed by atoms with Crippen LogP contribution in [-0.2, 0) is 16.1 Å². The molecule has 1 saturated heterocycles. The summed E-state index contributed by atoms with van der Waals surface area (Å²) in [7, 11) is 0. The molecule has 2 aromatic rings. The first-order chi connectivity index (χ1) is 15.3. The molecule has 1 N–H and O–H groups in total. The van der Waals surface area contributed by atoms with Gasteiger partial charge in [0.05, 0.1) is 12.2 Å². The highest BCUT2D eigenvalue weighted by molar-refractivity contribution is 6.30. The molecule has 0 radical (unpaired) electrons. The molecule has 1 unspecified atom stereocenters. The predicted octanol–water partition coefficient (Wildman–Crippen LogP) is 2.22. The monoisotopic (exact) mass is 458 g/mol. The lowest BCUT2D eigenvalue weighted by Crippen LogP contribution is -2.52. The Hall–Kier alpha value is -2.58. The largest absolute Gasteiger partial charge is 0.369 e. The van der Waals surface area contributed by atoms with E-state index in [0.29, 0.717) is 25.3 Å². The summed E-state index contributed by atoms with van der Waals surface area (Å²) in [6.45, 7) is 11.4.